The Morgan fingerprint density at radius 2 is 1.88 bits per heavy atom. The van der Waals surface area contributed by atoms with E-state index in [1.165, 1.54) is 24.8 Å². The van der Waals surface area contributed by atoms with Crippen molar-refractivity contribution in [1.29, 1.82) is 0 Å². The number of hydrogen-bond donors (Lipinski definition) is 0. The van der Waals surface area contributed by atoms with E-state index in [0.717, 1.165) is 31.4 Å². The summed E-state index contributed by atoms with van der Waals surface area (Å²) in [6, 6.07) is 0. The Morgan fingerprint density at radius 3 is 2.47 bits per heavy atom. The summed E-state index contributed by atoms with van der Waals surface area (Å²) in [6.45, 7) is 8.77. The molecule has 0 amide bonds. The molecule has 0 radical (unpaired) electrons. The highest BCUT2D eigenvalue weighted by molar-refractivity contribution is 5.06. The lowest BCUT2D eigenvalue weighted by molar-refractivity contribution is 0.0977. The molecule has 1 saturated heterocycles. The van der Waals surface area contributed by atoms with Crippen LogP contribution in [0.1, 0.15) is 72.6 Å². The lowest BCUT2D eigenvalue weighted by Crippen LogP contribution is -2.03. The number of hydrogen-bond acceptors (Lipinski definition) is 2. The van der Waals surface area contributed by atoms with E-state index < -0.39 is 0 Å². The van der Waals surface area contributed by atoms with E-state index in [1.807, 2.05) is 0 Å². The minimum Gasteiger partial charge on any atom is -0.466 e. The molecule has 2 nitrogen and oxygen atoms in total. The van der Waals surface area contributed by atoms with Crippen LogP contribution >= 0.6 is 0 Å². The normalized spacial score (nSPS) is 24.5. The van der Waals surface area contributed by atoms with Crippen molar-refractivity contribution in [3.63, 3.8) is 0 Å². The van der Waals surface area contributed by atoms with Crippen LogP contribution in [-0.4, -0.2) is 12.4 Å². The molecule has 1 heterocycles. The first-order chi connectivity index (χ1) is 8.22. The number of allylic oxidation sites excluding steroid dienone is 2. The molecule has 0 aliphatic carbocycles. The van der Waals surface area contributed by atoms with Crippen LogP contribution in [0.15, 0.2) is 11.3 Å². The fraction of sp³-hybridized carbons (Fsp3) is 0.867. The van der Waals surface area contributed by atoms with Gasteiger partial charge < -0.3 is 9.47 Å². The third-order valence-corrected chi connectivity index (χ3v) is 3.37. The Kier molecular flexibility index (Phi) is 6.64. The number of ether oxygens (including phenoxy) is 2. The zero-order valence-corrected chi connectivity index (χ0v) is 11.9. The van der Waals surface area contributed by atoms with Gasteiger partial charge in [-0.1, -0.05) is 40.0 Å². The molecule has 1 aliphatic heterocycles. The van der Waals surface area contributed by atoms with Gasteiger partial charge in [-0.3, -0.25) is 0 Å². The molecule has 100 valence electrons. The summed E-state index contributed by atoms with van der Waals surface area (Å²) in [5.74, 6) is 1.16. The second kappa shape index (κ2) is 7.75. The van der Waals surface area contributed by atoms with Gasteiger partial charge in [0.1, 0.15) is 6.10 Å². The van der Waals surface area contributed by atoms with Crippen molar-refractivity contribution in [3.05, 3.63) is 11.3 Å². The van der Waals surface area contributed by atoms with Gasteiger partial charge in [0.25, 0.3) is 0 Å². The molecule has 1 rings (SSSR count). The van der Waals surface area contributed by atoms with Crippen molar-refractivity contribution < 1.29 is 9.47 Å². The molecule has 0 saturated carbocycles. The van der Waals surface area contributed by atoms with Crippen molar-refractivity contribution in [2.45, 2.75) is 85.0 Å². The average Bonchev–Trinajstić information content (AvgIpc) is 3.06. The van der Waals surface area contributed by atoms with Gasteiger partial charge in [-0.25, -0.2) is 0 Å². The fourth-order valence-electron chi connectivity index (χ4n) is 1.97. The minimum atomic E-state index is 0.0508. The van der Waals surface area contributed by atoms with Gasteiger partial charge in [0.15, 0.2) is 0 Å². The molecule has 2 unspecified atom stereocenters. The molecule has 2 atom stereocenters. The van der Waals surface area contributed by atoms with Gasteiger partial charge in [-0.15, -0.1) is 0 Å². The van der Waals surface area contributed by atoms with Crippen LogP contribution in [0.4, 0.5) is 0 Å². The Bertz CT molecular complexity index is 245. The van der Waals surface area contributed by atoms with Crippen molar-refractivity contribution >= 4 is 0 Å². The average molecular weight is 240 g/mol. The van der Waals surface area contributed by atoms with E-state index in [9.17, 15) is 0 Å². The predicted molar refractivity (Wildman–Crippen MR) is 71.8 cm³/mol. The van der Waals surface area contributed by atoms with Gasteiger partial charge in [-0.05, 0) is 31.8 Å². The maximum absolute atomic E-state index is 5.96. The van der Waals surface area contributed by atoms with Crippen LogP contribution in [0.5, 0.6) is 0 Å². The van der Waals surface area contributed by atoms with Crippen LogP contribution in [0, 0.1) is 0 Å². The van der Waals surface area contributed by atoms with E-state index in [1.54, 1.807) is 0 Å². The summed E-state index contributed by atoms with van der Waals surface area (Å²) < 4.78 is 11.5. The second-order valence-corrected chi connectivity index (χ2v) is 4.96. The van der Waals surface area contributed by atoms with Gasteiger partial charge in [0.05, 0.1) is 5.76 Å². The lowest BCUT2D eigenvalue weighted by atomic mass is 10.1. The Labute approximate surface area is 106 Å². The van der Waals surface area contributed by atoms with Crippen LogP contribution < -0.4 is 0 Å². The molecule has 0 aromatic rings. The van der Waals surface area contributed by atoms with Crippen molar-refractivity contribution in [2.75, 3.05) is 0 Å². The maximum Gasteiger partial charge on any atom is 0.226 e. The summed E-state index contributed by atoms with van der Waals surface area (Å²) in [7, 11) is 0. The summed E-state index contributed by atoms with van der Waals surface area (Å²) in [6.07, 6.45) is 8.66. The highest BCUT2D eigenvalue weighted by Gasteiger charge is 2.40. The fourth-order valence-corrected chi connectivity index (χ4v) is 1.97. The highest BCUT2D eigenvalue weighted by Crippen LogP contribution is 2.32. The zero-order valence-electron chi connectivity index (χ0n) is 11.9. The van der Waals surface area contributed by atoms with Crippen molar-refractivity contribution in [1.82, 2.24) is 0 Å². The van der Waals surface area contributed by atoms with Crippen LogP contribution in [0.3, 0.4) is 0 Å². The first-order valence-corrected chi connectivity index (χ1v) is 7.23. The molecular formula is C15H28O2. The molecule has 0 bridgehead atoms. The predicted octanol–water partition coefficient (Wildman–Crippen LogP) is 4.79. The quantitative estimate of drug-likeness (QED) is 0.328. The van der Waals surface area contributed by atoms with Crippen LogP contribution in [0.2, 0.25) is 0 Å². The van der Waals surface area contributed by atoms with E-state index in [4.69, 9.17) is 9.47 Å². The first kappa shape index (κ1) is 14.6. The van der Waals surface area contributed by atoms with Gasteiger partial charge >= 0.3 is 0 Å². The third kappa shape index (κ3) is 5.12. The second-order valence-electron chi connectivity index (χ2n) is 4.96. The molecule has 2 heteroatoms. The largest absolute Gasteiger partial charge is 0.466 e. The van der Waals surface area contributed by atoms with E-state index in [0.29, 0.717) is 6.10 Å². The van der Waals surface area contributed by atoms with E-state index in [2.05, 4.69) is 27.7 Å². The number of rotatable bonds is 9. The van der Waals surface area contributed by atoms with Gasteiger partial charge in [0.2, 0.25) is 6.29 Å². The van der Waals surface area contributed by atoms with Crippen LogP contribution in [0.25, 0.3) is 0 Å². The number of epoxide rings is 1. The van der Waals surface area contributed by atoms with E-state index >= 15 is 0 Å². The summed E-state index contributed by atoms with van der Waals surface area (Å²) >= 11 is 0. The van der Waals surface area contributed by atoms with E-state index in [-0.39, 0.29) is 6.29 Å². The topological polar surface area (TPSA) is 21.8 Å². The molecule has 0 aromatic heterocycles. The van der Waals surface area contributed by atoms with Crippen molar-refractivity contribution in [2.24, 2.45) is 0 Å². The first-order valence-electron chi connectivity index (χ1n) is 7.23. The Morgan fingerprint density at radius 1 is 1.12 bits per heavy atom. The molecule has 0 N–H and O–H groups in total. The minimum absolute atomic E-state index is 0.0508. The zero-order chi connectivity index (χ0) is 12.7. The van der Waals surface area contributed by atoms with Crippen molar-refractivity contribution in [3.8, 4) is 0 Å². The highest BCUT2D eigenvalue weighted by atomic mass is 16.8. The SMILES string of the molecule is CCCCCC1OC1OC(CCC)=C(C)CC. The molecule has 0 spiro atoms. The molecule has 0 aromatic carbocycles. The van der Waals surface area contributed by atoms with Gasteiger partial charge in [-0.2, -0.15) is 0 Å². The molecule has 1 aliphatic rings. The smallest absolute Gasteiger partial charge is 0.226 e. The number of unbranched alkanes of at least 4 members (excludes halogenated alkanes) is 2. The summed E-state index contributed by atoms with van der Waals surface area (Å²) in [5, 5.41) is 0. The molecule has 1 fully saturated rings. The molecule has 17 heavy (non-hydrogen) atoms. The maximum atomic E-state index is 5.96. The van der Waals surface area contributed by atoms with Gasteiger partial charge in [0, 0.05) is 6.42 Å². The Balaban J connectivity index is 2.29. The summed E-state index contributed by atoms with van der Waals surface area (Å²) in [4.78, 5) is 0. The van der Waals surface area contributed by atoms with Crippen LogP contribution in [-0.2, 0) is 9.47 Å². The monoisotopic (exact) mass is 240 g/mol. The lowest BCUT2D eigenvalue weighted by Gasteiger charge is -2.10. The molecular weight excluding hydrogens is 212 g/mol. The standard InChI is InChI=1S/C15H28O2/c1-5-8-9-11-14-15(17-14)16-13(10-6-2)12(4)7-3/h14-15H,5-11H2,1-4H3. The Hall–Kier alpha value is -0.500. The summed E-state index contributed by atoms with van der Waals surface area (Å²) in [5.41, 5.74) is 1.37. The third-order valence-electron chi connectivity index (χ3n) is 3.37.